The van der Waals surface area contributed by atoms with Gasteiger partial charge in [0.25, 0.3) is 0 Å². The van der Waals surface area contributed by atoms with E-state index in [9.17, 15) is 9.90 Å². The molecule has 0 bridgehead atoms. The van der Waals surface area contributed by atoms with E-state index in [1.54, 1.807) is 6.07 Å². The Bertz CT molecular complexity index is 967. The zero-order chi connectivity index (χ0) is 18.8. The van der Waals surface area contributed by atoms with Crippen LogP contribution in [0.1, 0.15) is 29.8 Å². The van der Waals surface area contributed by atoms with Crippen molar-refractivity contribution in [1.82, 2.24) is 4.98 Å². The Morgan fingerprint density at radius 1 is 1.15 bits per heavy atom. The number of hydrogen-bond acceptors (Lipinski definition) is 3. The van der Waals surface area contributed by atoms with Gasteiger partial charge in [-0.3, -0.25) is 0 Å². The minimum Gasteiger partial charge on any atom is -0.478 e. The molecule has 0 radical (unpaired) electrons. The van der Waals surface area contributed by atoms with Crippen LogP contribution in [-0.4, -0.2) is 29.1 Å². The molecule has 0 unspecified atom stereocenters. The van der Waals surface area contributed by atoms with Gasteiger partial charge in [0.2, 0.25) is 0 Å². The second kappa shape index (κ2) is 7.34. The number of carbonyl (C=O) groups is 1. The Hall–Kier alpha value is -2.59. The van der Waals surface area contributed by atoms with Crippen LogP contribution in [0.4, 0.5) is 5.82 Å². The minimum absolute atomic E-state index is 0.217. The summed E-state index contributed by atoms with van der Waals surface area (Å²) in [5.41, 5.74) is 3.42. The minimum atomic E-state index is -0.988. The van der Waals surface area contributed by atoms with Crippen molar-refractivity contribution in [2.24, 2.45) is 0 Å². The smallest absolute Gasteiger partial charge is 0.340 e. The molecule has 0 aliphatic rings. The molecule has 26 heavy (non-hydrogen) atoms. The number of anilines is 1. The van der Waals surface area contributed by atoms with Gasteiger partial charge in [-0.1, -0.05) is 41.9 Å². The Morgan fingerprint density at radius 2 is 1.81 bits per heavy atom. The second-order valence-electron chi connectivity index (χ2n) is 6.15. The molecule has 0 saturated heterocycles. The third-order valence-electron chi connectivity index (χ3n) is 4.57. The molecule has 3 rings (SSSR count). The van der Waals surface area contributed by atoms with E-state index in [0.717, 1.165) is 22.0 Å². The van der Waals surface area contributed by atoms with Crippen molar-refractivity contribution in [3.8, 4) is 11.1 Å². The van der Waals surface area contributed by atoms with Crippen LogP contribution in [0.5, 0.6) is 0 Å². The average Bonchev–Trinajstić information content (AvgIpc) is 2.62. The van der Waals surface area contributed by atoms with Crippen molar-refractivity contribution in [2.75, 3.05) is 18.0 Å². The first-order chi connectivity index (χ1) is 12.5. The van der Waals surface area contributed by atoms with Crippen LogP contribution in [0.25, 0.3) is 22.0 Å². The molecule has 1 N–H and O–H groups in total. The molecule has 0 aliphatic heterocycles. The zero-order valence-corrected chi connectivity index (χ0v) is 15.8. The molecule has 1 heterocycles. The number of halogens is 1. The average molecular weight is 369 g/mol. The van der Waals surface area contributed by atoms with Crippen molar-refractivity contribution >= 4 is 34.3 Å². The van der Waals surface area contributed by atoms with E-state index in [1.165, 1.54) is 0 Å². The Kier molecular flexibility index (Phi) is 5.14. The quantitative estimate of drug-likeness (QED) is 0.654. The highest BCUT2D eigenvalue weighted by Crippen LogP contribution is 2.38. The number of pyridine rings is 1. The van der Waals surface area contributed by atoms with Gasteiger partial charge < -0.3 is 10.0 Å². The lowest BCUT2D eigenvalue weighted by Crippen LogP contribution is -2.26. The van der Waals surface area contributed by atoms with Gasteiger partial charge in [0.05, 0.1) is 5.52 Å². The molecule has 4 nitrogen and oxygen atoms in total. The fraction of sp³-hybridized carbons (Fsp3) is 0.238. The molecular weight excluding hydrogens is 348 g/mol. The molecule has 0 spiro atoms. The topological polar surface area (TPSA) is 53.4 Å². The number of carboxylic acids is 1. The summed E-state index contributed by atoms with van der Waals surface area (Å²) in [6.07, 6.45) is 0. The first kappa shape index (κ1) is 18.2. The third kappa shape index (κ3) is 3.13. The van der Waals surface area contributed by atoms with Gasteiger partial charge in [-0.15, -0.1) is 0 Å². The van der Waals surface area contributed by atoms with Crippen LogP contribution in [-0.2, 0) is 0 Å². The molecule has 5 heteroatoms. The zero-order valence-electron chi connectivity index (χ0n) is 15.1. The summed E-state index contributed by atoms with van der Waals surface area (Å²) in [6, 6.07) is 13.2. The van der Waals surface area contributed by atoms with E-state index >= 15 is 0 Å². The molecule has 0 atom stereocenters. The largest absolute Gasteiger partial charge is 0.478 e. The maximum atomic E-state index is 12.3. The van der Waals surface area contributed by atoms with Crippen LogP contribution in [0, 0.1) is 6.92 Å². The molecule has 134 valence electrons. The molecule has 0 fully saturated rings. The number of carboxylic acid groups (broad SMARTS) is 1. The van der Waals surface area contributed by atoms with Gasteiger partial charge >= 0.3 is 5.97 Å². The summed E-state index contributed by atoms with van der Waals surface area (Å²) < 4.78 is 0. The van der Waals surface area contributed by atoms with E-state index in [0.29, 0.717) is 29.5 Å². The van der Waals surface area contributed by atoms with Crippen LogP contribution in [0.15, 0.2) is 42.5 Å². The van der Waals surface area contributed by atoms with Crippen molar-refractivity contribution in [3.63, 3.8) is 0 Å². The molecule has 3 aromatic rings. The molecule has 2 aromatic carbocycles. The lowest BCUT2D eigenvalue weighted by molar-refractivity contribution is 0.0698. The number of aryl methyl sites for hydroxylation is 1. The number of fused-ring (bicyclic) bond motifs is 1. The van der Waals surface area contributed by atoms with Gasteiger partial charge in [0.15, 0.2) is 0 Å². The number of hydrogen-bond donors (Lipinski definition) is 1. The standard InChI is InChI=1S/C21H21ClN2O2/c1-4-24(5-2)20-18(21(25)26)17(14-9-7-6-8-10-14)16-12-15(22)11-13(3)19(16)23-20/h6-12H,4-5H2,1-3H3,(H,25,26). The maximum Gasteiger partial charge on any atom is 0.340 e. The molecule has 0 aliphatic carbocycles. The van der Waals surface area contributed by atoms with Crippen molar-refractivity contribution < 1.29 is 9.90 Å². The summed E-state index contributed by atoms with van der Waals surface area (Å²) in [5.74, 6) is -0.489. The SMILES string of the molecule is CCN(CC)c1nc2c(C)cc(Cl)cc2c(-c2ccccc2)c1C(=O)O. The van der Waals surface area contributed by atoms with E-state index in [2.05, 4.69) is 0 Å². The summed E-state index contributed by atoms with van der Waals surface area (Å²) in [5, 5.41) is 11.4. The number of rotatable bonds is 5. The van der Waals surface area contributed by atoms with E-state index in [-0.39, 0.29) is 5.56 Å². The number of aromatic carboxylic acids is 1. The van der Waals surface area contributed by atoms with Gasteiger partial charge in [0.1, 0.15) is 11.4 Å². The lowest BCUT2D eigenvalue weighted by atomic mass is 9.94. The Balaban J connectivity index is 2.54. The summed E-state index contributed by atoms with van der Waals surface area (Å²) in [6.45, 7) is 7.30. The first-order valence-corrected chi connectivity index (χ1v) is 9.03. The van der Waals surface area contributed by atoms with Crippen LogP contribution < -0.4 is 4.90 Å². The van der Waals surface area contributed by atoms with E-state index in [4.69, 9.17) is 16.6 Å². The van der Waals surface area contributed by atoms with Crippen molar-refractivity contribution in [1.29, 1.82) is 0 Å². The number of benzene rings is 2. The van der Waals surface area contributed by atoms with Gasteiger partial charge in [0, 0.05) is 29.1 Å². The van der Waals surface area contributed by atoms with E-state index in [1.807, 2.05) is 62.1 Å². The van der Waals surface area contributed by atoms with Crippen LogP contribution >= 0.6 is 11.6 Å². The fourth-order valence-corrected chi connectivity index (χ4v) is 3.61. The van der Waals surface area contributed by atoms with Crippen molar-refractivity contribution in [3.05, 3.63) is 58.6 Å². The predicted octanol–water partition coefficient (Wildman–Crippen LogP) is 5.41. The van der Waals surface area contributed by atoms with Gasteiger partial charge in [-0.2, -0.15) is 0 Å². The maximum absolute atomic E-state index is 12.3. The summed E-state index contributed by atoms with van der Waals surface area (Å²) in [4.78, 5) is 19.0. The molecular formula is C21H21ClN2O2. The Labute approximate surface area is 158 Å². The van der Waals surface area contributed by atoms with Gasteiger partial charge in [-0.05, 0) is 44.0 Å². The summed E-state index contributed by atoms with van der Waals surface area (Å²) in [7, 11) is 0. The Morgan fingerprint density at radius 3 is 2.38 bits per heavy atom. The monoisotopic (exact) mass is 368 g/mol. The highest BCUT2D eigenvalue weighted by molar-refractivity contribution is 6.31. The van der Waals surface area contributed by atoms with E-state index < -0.39 is 5.97 Å². The van der Waals surface area contributed by atoms with Crippen molar-refractivity contribution in [2.45, 2.75) is 20.8 Å². The summed E-state index contributed by atoms with van der Waals surface area (Å²) >= 11 is 6.29. The first-order valence-electron chi connectivity index (χ1n) is 8.65. The van der Waals surface area contributed by atoms with Gasteiger partial charge in [-0.25, -0.2) is 9.78 Å². The molecule has 1 aromatic heterocycles. The fourth-order valence-electron chi connectivity index (χ4n) is 3.34. The number of aromatic nitrogens is 1. The van der Waals surface area contributed by atoms with Crippen LogP contribution in [0.2, 0.25) is 5.02 Å². The molecule has 0 saturated carbocycles. The number of nitrogens with zero attached hydrogens (tertiary/aromatic N) is 2. The second-order valence-corrected chi connectivity index (χ2v) is 6.58. The predicted molar refractivity (Wildman–Crippen MR) is 107 cm³/mol. The van der Waals surface area contributed by atoms with Crippen LogP contribution in [0.3, 0.4) is 0 Å². The lowest BCUT2D eigenvalue weighted by Gasteiger charge is -2.25. The highest BCUT2D eigenvalue weighted by Gasteiger charge is 2.25. The molecule has 0 amide bonds. The third-order valence-corrected chi connectivity index (χ3v) is 4.78. The normalized spacial score (nSPS) is 10.9. The highest BCUT2D eigenvalue weighted by atomic mass is 35.5.